The van der Waals surface area contributed by atoms with Crippen molar-refractivity contribution in [3.05, 3.63) is 11.6 Å². The summed E-state index contributed by atoms with van der Waals surface area (Å²) in [5, 5.41) is 0. The molecule has 0 aromatic carbocycles. The van der Waals surface area contributed by atoms with Gasteiger partial charge in [-0.15, -0.1) is 0 Å². The van der Waals surface area contributed by atoms with Gasteiger partial charge < -0.3 is 80.5 Å². The lowest BCUT2D eigenvalue weighted by atomic mass is 9.47. The van der Waals surface area contributed by atoms with Crippen LogP contribution in [0.5, 0.6) is 0 Å². The second kappa shape index (κ2) is 27.2. The second-order valence-electron chi connectivity index (χ2n) is 26.0. The van der Waals surface area contributed by atoms with E-state index in [1.165, 1.54) is 5.57 Å². The molecule has 25 atom stereocenters. The Kier molecular flexibility index (Phi) is 20.8. The van der Waals surface area contributed by atoms with E-state index in [1.807, 2.05) is 0 Å². The summed E-state index contributed by atoms with van der Waals surface area (Å²) in [7, 11) is 0. The molecular formula is C62H88O26. The number of ether oxygens (including phenoxy) is 17. The van der Waals surface area contributed by atoms with Crippen molar-refractivity contribution in [3.63, 3.8) is 0 Å². The molecular weight excluding hydrogens is 1160 g/mol. The van der Waals surface area contributed by atoms with Gasteiger partial charge in [-0.3, -0.25) is 43.2 Å². The second-order valence-corrected chi connectivity index (χ2v) is 26.0. The average Bonchev–Trinajstić information content (AvgIpc) is 1.49. The van der Waals surface area contributed by atoms with Crippen molar-refractivity contribution >= 4 is 53.7 Å². The van der Waals surface area contributed by atoms with Crippen molar-refractivity contribution in [2.24, 2.45) is 46.3 Å². The minimum absolute atomic E-state index is 0.0800. The molecule has 0 amide bonds. The van der Waals surface area contributed by atoms with Crippen LogP contribution in [-0.2, 0) is 124 Å². The van der Waals surface area contributed by atoms with Gasteiger partial charge in [0.05, 0.1) is 25.4 Å². The molecule has 0 radical (unpaired) electrons. The summed E-state index contributed by atoms with van der Waals surface area (Å²) < 4.78 is 105. The minimum atomic E-state index is -1.92. The van der Waals surface area contributed by atoms with Crippen LogP contribution in [0.25, 0.3) is 0 Å². The molecule has 5 aliphatic heterocycles. The van der Waals surface area contributed by atoms with Crippen LogP contribution >= 0.6 is 0 Å². The Morgan fingerprint density at radius 1 is 0.523 bits per heavy atom. The lowest BCUT2D eigenvalue weighted by Crippen LogP contribution is -2.68. The van der Waals surface area contributed by atoms with Gasteiger partial charge in [0.1, 0.15) is 31.5 Å². The first kappa shape index (κ1) is 67.1. The molecule has 0 aromatic heterocycles. The first-order chi connectivity index (χ1) is 41.5. The van der Waals surface area contributed by atoms with Gasteiger partial charge in [0, 0.05) is 74.7 Å². The SMILES string of the molecule is CC(=O)OCC1OC(OC2C(OC3CCC4(C)C(=CCC5C4CCC4(C)C5CC5OC6(CCC(C)CO6)C(C)C54)C3)OC(COC(C)=O)C(OC3OCC(OC(C)=O)C(OC(C)=O)C3OC(C)=O)C2OC(C)=O)C(OC(C)=O)C(OC(C)=O)C1OC(C)=O. The Balaban J connectivity index is 1.08. The van der Waals surface area contributed by atoms with E-state index >= 15 is 0 Å². The molecule has 88 heavy (non-hydrogen) atoms. The first-order valence-corrected chi connectivity index (χ1v) is 30.9. The van der Waals surface area contributed by atoms with E-state index < -0.39 is 171 Å². The van der Waals surface area contributed by atoms with E-state index in [0.29, 0.717) is 55.5 Å². The highest BCUT2D eigenvalue weighted by atomic mass is 16.8. The highest BCUT2D eigenvalue weighted by Gasteiger charge is 2.69. The predicted molar refractivity (Wildman–Crippen MR) is 296 cm³/mol. The third kappa shape index (κ3) is 14.2. The Morgan fingerprint density at radius 3 is 1.61 bits per heavy atom. The number of fused-ring (bicyclic) bond motifs is 7. The van der Waals surface area contributed by atoms with E-state index in [1.54, 1.807) is 0 Å². The van der Waals surface area contributed by atoms with E-state index in [2.05, 4.69) is 33.8 Å². The summed E-state index contributed by atoms with van der Waals surface area (Å²) in [6.07, 6.45) is -13.8. The van der Waals surface area contributed by atoms with Gasteiger partial charge in [-0.1, -0.05) is 39.3 Å². The summed E-state index contributed by atoms with van der Waals surface area (Å²) in [5.74, 6) is -5.91. The molecule has 9 aliphatic rings. The van der Waals surface area contributed by atoms with E-state index in [9.17, 15) is 43.2 Å². The van der Waals surface area contributed by atoms with Gasteiger partial charge in [-0.05, 0) is 91.8 Å². The smallest absolute Gasteiger partial charge is 0.303 e. The van der Waals surface area contributed by atoms with Crippen LogP contribution in [0, 0.1) is 46.3 Å². The molecule has 0 aromatic rings. The minimum Gasteiger partial charge on any atom is -0.463 e. The monoisotopic (exact) mass is 1250 g/mol. The maximum Gasteiger partial charge on any atom is 0.303 e. The van der Waals surface area contributed by atoms with Gasteiger partial charge in [-0.2, -0.15) is 0 Å². The van der Waals surface area contributed by atoms with E-state index in [4.69, 9.17) is 80.5 Å². The average molecular weight is 1250 g/mol. The van der Waals surface area contributed by atoms with Crippen LogP contribution in [0.4, 0.5) is 0 Å². The highest BCUT2D eigenvalue weighted by Crippen LogP contribution is 2.71. The van der Waals surface area contributed by atoms with E-state index in [-0.39, 0.29) is 22.9 Å². The molecule has 5 saturated heterocycles. The number of rotatable bonds is 17. The lowest BCUT2D eigenvalue weighted by Gasteiger charge is -2.59. The molecule has 9 rings (SSSR count). The zero-order chi connectivity index (χ0) is 63.9. The molecule has 0 bridgehead atoms. The van der Waals surface area contributed by atoms with Crippen LogP contribution in [0.1, 0.15) is 148 Å². The Hall–Kier alpha value is -5.35. The summed E-state index contributed by atoms with van der Waals surface area (Å²) in [4.78, 5) is 115. The van der Waals surface area contributed by atoms with Gasteiger partial charge in [0.2, 0.25) is 0 Å². The first-order valence-electron chi connectivity index (χ1n) is 30.9. The highest BCUT2D eigenvalue weighted by molar-refractivity contribution is 5.70. The molecule has 3 saturated carbocycles. The number of allylic oxidation sites excluding steroid dienone is 1. The van der Waals surface area contributed by atoms with Gasteiger partial charge in [0.25, 0.3) is 0 Å². The molecule has 26 nitrogen and oxygen atoms in total. The molecule has 492 valence electrons. The fourth-order valence-corrected chi connectivity index (χ4v) is 16.3. The van der Waals surface area contributed by atoms with Crippen LogP contribution < -0.4 is 0 Å². The Morgan fingerprint density at radius 2 is 1.05 bits per heavy atom. The number of carbonyl (C=O) groups excluding carboxylic acids is 9. The van der Waals surface area contributed by atoms with Crippen molar-refractivity contribution in [2.45, 2.75) is 252 Å². The summed E-state index contributed by atoms with van der Waals surface area (Å²) in [6.45, 7) is 18.2. The molecule has 0 N–H and O–H groups in total. The van der Waals surface area contributed by atoms with Crippen molar-refractivity contribution in [1.82, 2.24) is 0 Å². The summed E-state index contributed by atoms with van der Waals surface area (Å²) in [5.41, 5.74) is 1.09. The largest absolute Gasteiger partial charge is 0.463 e. The normalized spacial score (nSPS) is 42.5. The molecule has 8 fully saturated rings. The molecule has 26 heteroatoms. The quantitative estimate of drug-likeness (QED) is 0.105. The number of esters is 9. The van der Waals surface area contributed by atoms with Crippen LogP contribution in [0.15, 0.2) is 11.6 Å². The molecule has 1 spiro atoms. The maximum atomic E-state index is 13.7. The van der Waals surface area contributed by atoms with Gasteiger partial charge in [-0.25, -0.2) is 0 Å². The molecule has 25 unspecified atom stereocenters. The van der Waals surface area contributed by atoms with E-state index in [0.717, 1.165) is 101 Å². The number of carbonyl (C=O) groups is 9. The van der Waals surface area contributed by atoms with Gasteiger partial charge >= 0.3 is 53.7 Å². The third-order valence-corrected chi connectivity index (χ3v) is 19.8. The fourth-order valence-electron chi connectivity index (χ4n) is 16.3. The maximum absolute atomic E-state index is 13.7. The number of hydrogen-bond donors (Lipinski definition) is 0. The summed E-state index contributed by atoms with van der Waals surface area (Å²) in [6, 6.07) is 0. The number of hydrogen-bond acceptors (Lipinski definition) is 26. The van der Waals surface area contributed by atoms with Gasteiger partial charge in [0.15, 0.2) is 73.5 Å². The van der Waals surface area contributed by atoms with Crippen molar-refractivity contribution in [2.75, 3.05) is 26.4 Å². The Labute approximate surface area is 512 Å². The van der Waals surface area contributed by atoms with Crippen LogP contribution in [-0.4, -0.2) is 184 Å². The van der Waals surface area contributed by atoms with Crippen LogP contribution in [0.2, 0.25) is 0 Å². The topological polar surface area (TPSA) is 311 Å². The summed E-state index contributed by atoms with van der Waals surface area (Å²) >= 11 is 0. The third-order valence-electron chi connectivity index (χ3n) is 19.8. The zero-order valence-electron chi connectivity index (χ0n) is 52.6. The zero-order valence-corrected chi connectivity index (χ0v) is 52.6. The standard InChI is InChI=1S/C62H88O26/c1-28-16-21-62(75-24-28)29(2)48-44(88-62)23-43-41-15-14-39-22-40(17-19-60(39,12)42(41)18-20-61(43,48)13)83-58-56(87-59-55(82-38(11)71)52(79-35(8)68)49(77-33(6)66)46(85-59)25-72-30(3)63)53(80-36(9)69)50(47(84-58)26-73-31(4)64)86-57-54(81-37(10)70)51(78-34(7)67)45(27-74-57)76-32(5)65/h14,28-29,40-59H,15-27H2,1-13H3. The van der Waals surface area contributed by atoms with Crippen molar-refractivity contribution in [1.29, 1.82) is 0 Å². The fraction of sp³-hybridized carbons (Fsp3) is 0.823. The van der Waals surface area contributed by atoms with Crippen LogP contribution in [0.3, 0.4) is 0 Å². The van der Waals surface area contributed by atoms with Crippen molar-refractivity contribution in [3.8, 4) is 0 Å². The predicted octanol–water partition coefficient (Wildman–Crippen LogP) is 4.96. The molecule has 4 aliphatic carbocycles. The molecule has 5 heterocycles. The lowest BCUT2D eigenvalue weighted by molar-refractivity contribution is -0.387. The Bertz CT molecular complexity index is 2650. The van der Waals surface area contributed by atoms with Crippen molar-refractivity contribution < 1.29 is 124 Å².